The Bertz CT molecular complexity index is 1030. The maximum atomic E-state index is 13.4. The molecule has 1 heterocycles. The molecule has 4 heteroatoms. The van der Waals surface area contributed by atoms with Crippen LogP contribution in [0.25, 0.3) is 0 Å². The van der Waals surface area contributed by atoms with Gasteiger partial charge >= 0.3 is 0 Å². The minimum atomic E-state index is -0.493. The molecular formula is C24H21ClN2O. The van der Waals surface area contributed by atoms with Crippen LogP contribution in [0.5, 0.6) is 0 Å². The smallest absolute Gasteiger partial charge is 0.252 e. The Morgan fingerprint density at radius 1 is 0.964 bits per heavy atom. The van der Waals surface area contributed by atoms with Gasteiger partial charge in [-0.2, -0.15) is 0 Å². The molecule has 0 saturated carbocycles. The fraction of sp³-hybridized carbons (Fsp3) is 0.167. The molecule has 4 rings (SSSR count). The Morgan fingerprint density at radius 3 is 2.29 bits per heavy atom. The van der Waals surface area contributed by atoms with Crippen molar-refractivity contribution in [3.63, 3.8) is 0 Å². The summed E-state index contributed by atoms with van der Waals surface area (Å²) in [6.45, 7) is 3.90. The highest BCUT2D eigenvalue weighted by Gasteiger charge is 2.33. The van der Waals surface area contributed by atoms with E-state index in [1.807, 2.05) is 97.6 Å². The molecule has 3 nitrogen and oxygen atoms in total. The zero-order chi connectivity index (χ0) is 19.7. The second-order valence-corrected chi connectivity index (χ2v) is 7.41. The fourth-order valence-electron chi connectivity index (χ4n) is 3.65. The van der Waals surface area contributed by atoms with Gasteiger partial charge in [0.2, 0.25) is 0 Å². The van der Waals surface area contributed by atoms with Gasteiger partial charge in [-0.25, -0.2) is 0 Å². The molecule has 140 valence electrons. The van der Waals surface area contributed by atoms with Crippen LogP contribution < -0.4 is 4.90 Å². The molecule has 2 unspecified atom stereocenters. The molecule has 3 aromatic carbocycles. The van der Waals surface area contributed by atoms with Crippen LogP contribution >= 0.6 is 11.6 Å². The lowest BCUT2D eigenvalue weighted by Crippen LogP contribution is -2.38. The summed E-state index contributed by atoms with van der Waals surface area (Å²) >= 11 is 6.34. The zero-order valence-electron chi connectivity index (χ0n) is 15.8. The van der Waals surface area contributed by atoms with Crippen molar-refractivity contribution in [2.45, 2.75) is 25.9 Å². The van der Waals surface area contributed by atoms with E-state index in [0.29, 0.717) is 5.02 Å². The topological polar surface area (TPSA) is 32.7 Å². The quantitative estimate of drug-likeness (QED) is 0.568. The molecule has 0 bridgehead atoms. The van der Waals surface area contributed by atoms with Crippen LogP contribution in [0.4, 0.5) is 5.69 Å². The van der Waals surface area contributed by atoms with Crippen molar-refractivity contribution in [1.29, 1.82) is 0 Å². The minimum Gasteiger partial charge on any atom is -0.303 e. The zero-order valence-corrected chi connectivity index (χ0v) is 16.6. The van der Waals surface area contributed by atoms with Crippen LogP contribution in [-0.4, -0.2) is 17.7 Å². The molecule has 0 fully saturated rings. The van der Waals surface area contributed by atoms with Gasteiger partial charge in [-0.3, -0.25) is 9.79 Å². The van der Waals surface area contributed by atoms with Crippen LogP contribution in [-0.2, 0) is 4.79 Å². The third-order valence-electron chi connectivity index (χ3n) is 5.11. The van der Waals surface area contributed by atoms with Crippen LogP contribution in [0.15, 0.2) is 83.9 Å². The molecule has 0 aliphatic carbocycles. The standard InChI is InChI=1S/C24H21ClN2O/c1-16-24(28)27(17(2)18-9-5-3-6-10-18)22-14-13-20(25)15-21(22)23(26-16)19-11-7-4-8-12-19/h3-17H,1-2H3. The number of hydrogen-bond acceptors (Lipinski definition) is 2. The number of carbonyl (C=O) groups excluding carboxylic acids is 1. The van der Waals surface area contributed by atoms with Crippen molar-refractivity contribution < 1.29 is 4.79 Å². The maximum absolute atomic E-state index is 13.4. The molecule has 1 aliphatic rings. The lowest BCUT2D eigenvalue weighted by molar-refractivity contribution is -0.119. The van der Waals surface area contributed by atoms with Gasteiger partial charge in [0.1, 0.15) is 6.04 Å². The number of rotatable bonds is 3. The third kappa shape index (κ3) is 3.34. The molecule has 3 aromatic rings. The summed E-state index contributed by atoms with van der Waals surface area (Å²) in [5, 5.41) is 0.622. The number of hydrogen-bond donors (Lipinski definition) is 0. The van der Waals surface area contributed by atoms with Crippen molar-refractivity contribution in [3.05, 3.63) is 101 Å². The molecule has 0 N–H and O–H groups in total. The van der Waals surface area contributed by atoms with Gasteiger partial charge < -0.3 is 4.90 Å². The van der Waals surface area contributed by atoms with E-state index in [1.54, 1.807) is 0 Å². The third-order valence-corrected chi connectivity index (χ3v) is 5.34. The Kier molecular flexibility index (Phi) is 5.01. The second kappa shape index (κ2) is 7.61. The normalized spacial score (nSPS) is 17.5. The fourth-order valence-corrected chi connectivity index (χ4v) is 3.82. The highest BCUT2D eigenvalue weighted by molar-refractivity contribution is 6.32. The van der Waals surface area contributed by atoms with Crippen LogP contribution in [0.2, 0.25) is 5.02 Å². The Hall–Kier alpha value is -2.91. The van der Waals surface area contributed by atoms with Crippen molar-refractivity contribution in [2.75, 3.05) is 4.90 Å². The summed E-state index contributed by atoms with van der Waals surface area (Å²) in [4.78, 5) is 20.0. The van der Waals surface area contributed by atoms with Crippen LogP contribution in [0, 0.1) is 0 Å². The first-order valence-corrected chi connectivity index (χ1v) is 9.75. The van der Waals surface area contributed by atoms with E-state index < -0.39 is 6.04 Å². The number of benzodiazepines with no additional fused rings is 1. The summed E-state index contributed by atoms with van der Waals surface area (Å²) in [7, 11) is 0. The van der Waals surface area contributed by atoms with E-state index in [0.717, 1.165) is 28.1 Å². The molecule has 0 spiro atoms. The van der Waals surface area contributed by atoms with Gasteiger partial charge in [-0.05, 0) is 37.6 Å². The SMILES string of the molecule is CC1N=C(c2ccccc2)c2cc(Cl)ccc2N(C(C)c2ccccc2)C1=O. The number of aliphatic imine (C=N–C) groups is 1. The van der Waals surface area contributed by atoms with Gasteiger partial charge in [0.25, 0.3) is 5.91 Å². The lowest BCUT2D eigenvalue weighted by atomic mass is 9.98. The van der Waals surface area contributed by atoms with E-state index in [1.165, 1.54) is 0 Å². The number of carbonyl (C=O) groups is 1. The molecule has 1 aliphatic heterocycles. The Labute approximate surface area is 170 Å². The summed E-state index contributed by atoms with van der Waals surface area (Å²) < 4.78 is 0. The Balaban J connectivity index is 1.91. The predicted molar refractivity (Wildman–Crippen MR) is 115 cm³/mol. The van der Waals surface area contributed by atoms with E-state index in [-0.39, 0.29) is 11.9 Å². The molecule has 0 radical (unpaired) electrons. The average molecular weight is 389 g/mol. The molecule has 0 aromatic heterocycles. The number of nitrogens with zero attached hydrogens (tertiary/aromatic N) is 2. The minimum absolute atomic E-state index is 0.0224. The summed E-state index contributed by atoms with van der Waals surface area (Å²) in [5.41, 5.74) is 4.55. The summed E-state index contributed by atoms with van der Waals surface area (Å²) in [5.74, 6) is -0.0224. The number of amides is 1. The van der Waals surface area contributed by atoms with Crippen molar-refractivity contribution in [2.24, 2.45) is 4.99 Å². The van der Waals surface area contributed by atoms with Gasteiger partial charge in [0.15, 0.2) is 0 Å². The highest BCUT2D eigenvalue weighted by atomic mass is 35.5. The van der Waals surface area contributed by atoms with Crippen molar-refractivity contribution in [1.82, 2.24) is 0 Å². The highest BCUT2D eigenvalue weighted by Crippen LogP contribution is 2.36. The number of benzene rings is 3. The number of fused-ring (bicyclic) bond motifs is 1. The van der Waals surface area contributed by atoms with Gasteiger partial charge in [0.05, 0.1) is 17.4 Å². The van der Waals surface area contributed by atoms with E-state index in [9.17, 15) is 4.79 Å². The average Bonchev–Trinajstić information content (AvgIpc) is 2.83. The molecule has 0 saturated heterocycles. The van der Waals surface area contributed by atoms with Crippen LogP contribution in [0.3, 0.4) is 0 Å². The number of anilines is 1. The van der Waals surface area contributed by atoms with Crippen molar-refractivity contribution in [3.8, 4) is 0 Å². The first-order chi connectivity index (χ1) is 13.6. The van der Waals surface area contributed by atoms with Gasteiger partial charge in [-0.15, -0.1) is 0 Å². The Morgan fingerprint density at radius 2 is 1.61 bits per heavy atom. The largest absolute Gasteiger partial charge is 0.303 e. The van der Waals surface area contributed by atoms with Crippen LogP contribution in [0.1, 0.15) is 36.6 Å². The molecule has 2 atom stereocenters. The molecule has 28 heavy (non-hydrogen) atoms. The van der Waals surface area contributed by atoms with Gasteiger partial charge in [-0.1, -0.05) is 72.3 Å². The van der Waals surface area contributed by atoms with Gasteiger partial charge in [0, 0.05) is 16.1 Å². The summed E-state index contributed by atoms with van der Waals surface area (Å²) in [6.07, 6.45) is 0. The lowest BCUT2D eigenvalue weighted by Gasteiger charge is -2.31. The first kappa shape index (κ1) is 18.5. The molecular weight excluding hydrogens is 368 g/mol. The second-order valence-electron chi connectivity index (χ2n) is 6.98. The monoisotopic (exact) mass is 388 g/mol. The van der Waals surface area contributed by atoms with Crippen molar-refractivity contribution >= 4 is 28.9 Å². The van der Waals surface area contributed by atoms with E-state index >= 15 is 0 Å². The van der Waals surface area contributed by atoms with E-state index in [4.69, 9.17) is 16.6 Å². The first-order valence-electron chi connectivity index (χ1n) is 9.37. The number of halogens is 1. The molecule has 1 amide bonds. The predicted octanol–water partition coefficient (Wildman–Crippen LogP) is 5.67. The maximum Gasteiger partial charge on any atom is 0.252 e. The van der Waals surface area contributed by atoms with E-state index in [2.05, 4.69) is 0 Å². The summed E-state index contributed by atoms with van der Waals surface area (Å²) in [6, 6.07) is 25.0.